The van der Waals surface area contributed by atoms with Gasteiger partial charge in [0.05, 0.1) is 13.2 Å². The molecule has 0 amide bonds. The second kappa shape index (κ2) is 6.25. The van der Waals surface area contributed by atoms with Gasteiger partial charge in [-0.3, -0.25) is 4.79 Å². The van der Waals surface area contributed by atoms with E-state index in [0.29, 0.717) is 23.2 Å². The molecule has 0 aromatic heterocycles. The number of esters is 1. The SMILES string of the molecule is COC(=O)CC1CCC2C3CCC4CC(O)CCC4(C)C3CCC12C. The van der Waals surface area contributed by atoms with Gasteiger partial charge in [-0.25, -0.2) is 0 Å². The number of ether oxygens (including phenoxy) is 1. The molecular weight excluding hydrogens is 312 g/mol. The zero-order chi connectivity index (χ0) is 17.8. The lowest BCUT2D eigenvalue weighted by Crippen LogP contribution is -2.54. The predicted octanol–water partition coefficient (Wildman–Crippen LogP) is 4.57. The van der Waals surface area contributed by atoms with E-state index in [-0.39, 0.29) is 12.1 Å². The van der Waals surface area contributed by atoms with Crippen LogP contribution in [0.4, 0.5) is 0 Å². The van der Waals surface area contributed by atoms with E-state index in [2.05, 4.69) is 13.8 Å². The Hall–Kier alpha value is -0.570. The maximum Gasteiger partial charge on any atom is 0.305 e. The molecule has 0 aromatic carbocycles. The number of fused-ring (bicyclic) bond motifs is 5. The fraction of sp³-hybridized carbons (Fsp3) is 0.955. The summed E-state index contributed by atoms with van der Waals surface area (Å²) in [5, 5.41) is 10.1. The summed E-state index contributed by atoms with van der Waals surface area (Å²) in [5.74, 6) is 3.71. The van der Waals surface area contributed by atoms with Crippen molar-refractivity contribution in [2.45, 2.75) is 84.2 Å². The van der Waals surface area contributed by atoms with Crippen molar-refractivity contribution in [2.24, 2.45) is 40.4 Å². The van der Waals surface area contributed by atoms with E-state index in [0.717, 1.165) is 36.5 Å². The zero-order valence-corrected chi connectivity index (χ0v) is 16.3. The lowest BCUT2D eigenvalue weighted by molar-refractivity contribution is -0.146. The third-order valence-corrected chi connectivity index (χ3v) is 9.48. The minimum Gasteiger partial charge on any atom is -0.469 e. The first-order chi connectivity index (χ1) is 11.9. The van der Waals surface area contributed by atoms with Crippen molar-refractivity contribution < 1.29 is 14.6 Å². The average Bonchev–Trinajstić information content (AvgIpc) is 2.92. The number of hydrogen-bond acceptors (Lipinski definition) is 3. The van der Waals surface area contributed by atoms with Crippen molar-refractivity contribution in [1.82, 2.24) is 0 Å². The number of aliphatic hydroxyl groups excluding tert-OH is 1. The molecule has 0 saturated heterocycles. The van der Waals surface area contributed by atoms with E-state index in [9.17, 15) is 9.90 Å². The van der Waals surface area contributed by atoms with Gasteiger partial charge in [0.25, 0.3) is 0 Å². The maximum absolute atomic E-state index is 11.9. The molecule has 3 nitrogen and oxygen atoms in total. The van der Waals surface area contributed by atoms with Crippen LogP contribution >= 0.6 is 0 Å². The topological polar surface area (TPSA) is 46.5 Å². The van der Waals surface area contributed by atoms with E-state index in [4.69, 9.17) is 4.74 Å². The van der Waals surface area contributed by atoms with Crippen molar-refractivity contribution in [3.63, 3.8) is 0 Å². The van der Waals surface area contributed by atoms with Gasteiger partial charge in [-0.1, -0.05) is 13.8 Å². The van der Waals surface area contributed by atoms with Gasteiger partial charge < -0.3 is 9.84 Å². The van der Waals surface area contributed by atoms with Crippen LogP contribution in [0.3, 0.4) is 0 Å². The Morgan fingerprint density at radius 2 is 1.72 bits per heavy atom. The van der Waals surface area contributed by atoms with Gasteiger partial charge in [-0.05, 0) is 98.2 Å². The number of carbonyl (C=O) groups is 1. The summed E-state index contributed by atoms with van der Waals surface area (Å²) >= 11 is 0. The predicted molar refractivity (Wildman–Crippen MR) is 97.9 cm³/mol. The molecule has 0 spiro atoms. The Balaban J connectivity index is 1.55. The molecule has 0 aliphatic heterocycles. The van der Waals surface area contributed by atoms with Crippen LogP contribution in [0, 0.1) is 40.4 Å². The molecule has 4 aliphatic rings. The van der Waals surface area contributed by atoms with E-state index in [1.54, 1.807) is 0 Å². The Kier molecular flexibility index (Phi) is 4.46. The van der Waals surface area contributed by atoms with Crippen molar-refractivity contribution in [1.29, 1.82) is 0 Å². The fourth-order valence-electron chi connectivity index (χ4n) is 7.96. The van der Waals surface area contributed by atoms with E-state index < -0.39 is 0 Å². The molecular formula is C22H36O3. The van der Waals surface area contributed by atoms with Gasteiger partial charge in [-0.2, -0.15) is 0 Å². The maximum atomic E-state index is 11.9. The molecule has 0 heterocycles. The number of aliphatic hydroxyl groups is 1. The quantitative estimate of drug-likeness (QED) is 0.744. The number of methoxy groups -OCH3 is 1. The third kappa shape index (κ3) is 2.67. The van der Waals surface area contributed by atoms with Gasteiger partial charge in [0.1, 0.15) is 0 Å². The molecule has 4 saturated carbocycles. The van der Waals surface area contributed by atoms with Crippen molar-refractivity contribution in [3.05, 3.63) is 0 Å². The lowest BCUT2D eigenvalue weighted by atomic mass is 9.44. The minimum absolute atomic E-state index is 0.0223. The Morgan fingerprint density at radius 3 is 2.48 bits per heavy atom. The lowest BCUT2D eigenvalue weighted by Gasteiger charge is -2.61. The highest BCUT2D eigenvalue weighted by Gasteiger charge is 2.60. The molecule has 8 atom stereocenters. The van der Waals surface area contributed by atoms with Gasteiger partial charge in [-0.15, -0.1) is 0 Å². The highest BCUT2D eigenvalue weighted by Crippen LogP contribution is 2.67. The molecule has 0 bridgehead atoms. The molecule has 4 fully saturated rings. The molecule has 25 heavy (non-hydrogen) atoms. The first-order valence-corrected chi connectivity index (χ1v) is 10.6. The summed E-state index contributed by atoms with van der Waals surface area (Å²) in [6.45, 7) is 5.03. The van der Waals surface area contributed by atoms with Crippen LogP contribution < -0.4 is 0 Å². The number of hydrogen-bond donors (Lipinski definition) is 1. The normalized spacial score (nSPS) is 52.0. The third-order valence-electron chi connectivity index (χ3n) is 9.48. The summed E-state index contributed by atoms with van der Waals surface area (Å²) < 4.78 is 4.98. The minimum atomic E-state index is -0.0561. The molecule has 142 valence electrons. The van der Waals surface area contributed by atoms with Crippen LogP contribution in [0.1, 0.15) is 78.1 Å². The van der Waals surface area contributed by atoms with Crippen LogP contribution in [0.15, 0.2) is 0 Å². The Bertz CT molecular complexity index is 531. The average molecular weight is 349 g/mol. The summed E-state index contributed by atoms with van der Waals surface area (Å²) in [7, 11) is 1.52. The largest absolute Gasteiger partial charge is 0.469 e. The Labute approximate surface area is 152 Å². The highest BCUT2D eigenvalue weighted by molar-refractivity contribution is 5.69. The molecule has 1 N–H and O–H groups in total. The monoisotopic (exact) mass is 348 g/mol. The summed E-state index contributed by atoms with van der Waals surface area (Å²) in [4.78, 5) is 11.9. The van der Waals surface area contributed by atoms with Crippen LogP contribution in [0.5, 0.6) is 0 Å². The smallest absolute Gasteiger partial charge is 0.305 e. The molecule has 4 rings (SSSR count). The Morgan fingerprint density at radius 1 is 1.00 bits per heavy atom. The van der Waals surface area contributed by atoms with Crippen molar-refractivity contribution in [2.75, 3.05) is 7.11 Å². The molecule has 0 radical (unpaired) electrons. The van der Waals surface area contributed by atoms with Gasteiger partial charge in [0.2, 0.25) is 0 Å². The summed E-state index contributed by atoms with van der Waals surface area (Å²) in [6, 6.07) is 0. The summed E-state index contributed by atoms with van der Waals surface area (Å²) in [5.41, 5.74) is 0.788. The first kappa shape index (κ1) is 17.8. The second-order valence-corrected chi connectivity index (χ2v) is 10.2. The van der Waals surface area contributed by atoms with Crippen molar-refractivity contribution in [3.8, 4) is 0 Å². The highest BCUT2D eigenvalue weighted by atomic mass is 16.5. The van der Waals surface area contributed by atoms with Crippen LogP contribution in [-0.2, 0) is 9.53 Å². The second-order valence-electron chi connectivity index (χ2n) is 10.2. The van der Waals surface area contributed by atoms with Crippen molar-refractivity contribution >= 4 is 5.97 Å². The fourth-order valence-corrected chi connectivity index (χ4v) is 7.96. The summed E-state index contributed by atoms with van der Waals surface area (Å²) in [6.07, 6.45) is 11.6. The number of carbonyl (C=O) groups excluding carboxylic acids is 1. The van der Waals surface area contributed by atoms with E-state index >= 15 is 0 Å². The first-order valence-electron chi connectivity index (χ1n) is 10.6. The van der Waals surface area contributed by atoms with Gasteiger partial charge in [0.15, 0.2) is 0 Å². The number of rotatable bonds is 2. The van der Waals surface area contributed by atoms with E-state index in [1.807, 2.05) is 0 Å². The molecule has 4 aliphatic carbocycles. The molecule has 8 unspecified atom stereocenters. The molecule has 3 heteroatoms. The van der Waals surface area contributed by atoms with Crippen LogP contribution in [0.2, 0.25) is 0 Å². The zero-order valence-electron chi connectivity index (χ0n) is 16.3. The van der Waals surface area contributed by atoms with Gasteiger partial charge in [0, 0.05) is 6.42 Å². The van der Waals surface area contributed by atoms with Gasteiger partial charge >= 0.3 is 5.97 Å². The van der Waals surface area contributed by atoms with Crippen LogP contribution in [-0.4, -0.2) is 24.3 Å². The molecule has 0 aromatic rings. The van der Waals surface area contributed by atoms with Crippen LogP contribution in [0.25, 0.3) is 0 Å². The standard InChI is InChI=1S/C22H36O3/c1-21-10-8-16(23)12-14(21)4-6-17-18-7-5-15(13-20(24)25-3)22(18,2)11-9-19(17)21/h14-19,23H,4-13H2,1-3H3. The van der Waals surface area contributed by atoms with E-state index in [1.165, 1.54) is 52.1 Å².